The van der Waals surface area contributed by atoms with Gasteiger partial charge < -0.3 is 5.32 Å². The van der Waals surface area contributed by atoms with Crippen LogP contribution in [-0.4, -0.2) is 36.1 Å². The van der Waals surface area contributed by atoms with Gasteiger partial charge in [-0.3, -0.25) is 4.79 Å². The molecule has 1 N–H and O–H groups in total. The van der Waals surface area contributed by atoms with E-state index in [1.807, 2.05) is 0 Å². The Morgan fingerprint density at radius 3 is 2.39 bits per heavy atom. The van der Waals surface area contributed by atoms with Crippen LogP contribution in [0.3, 0.4) is 0 Å². The summed E-state index contributed by atoms with van der Waals surface area (Å²) in [7, 11) is -3.63. The van der Waals surface area contributed by atoms with Crippen LogP contribution in [0.2, 0.25) is 5.02 Å². The van der Waals surface area contributed by atoms with E-state index in [1.54, 1.807) is 13.8 Å². The van der Waals surface area contributed by atoms with Crippen LogP contribution in [-0.2, 0) is 14.8 Å². The van der Waals surface area contributed by atoms with Gasteiger partial charge in [0.05, 0.1) is 21.5 Å². The van der Waals surface area contributed by atoms with Crippen molar-refractivity contribution in [1.29, 1.82) is 0 Å². The van der Waals surface area contributed by atoms with Crippen LogP contribution in [0.25, 0.3) is 0 Å². The Balaban J connectivity index is 2.28. The van der Waals surface area contributed by atoms with Crippen molar-refractivity contribution in [3.05, 3.63) is 23.2 Å². The van der Waals surface area contributed by atoms with Gasteiger partial charge in [0.2, 0.25) is 15.9 Å². The van der Waals surface area contributed by atoms with Gasteiger partial charge in [0.25, 0.3) is 0 Å². The van der Waals surface area contributed by atoms with Gasteiger partial charge in [-0.2, -0.15) is 4.31 Å². The van der Waals surface area contributed by atoms with Gasteiger partial charge >= 0.3 is 0 Å². The molecular weight excluding hydrogens is 383 g/mol. The molecule has 1 aliphatic carbocycles. The van der Waals surface area contributed by atoms with Crippen molar-refractivity contribution < 1.29 is 13.2 Å². The number of carbonyl (C=O) groups is 1. The summed E-state index contributed by atoms with van der Waals surface area (Å²) < 4.78 is 25.3. The molecule has 1 aromatic rings. The number of alkyl halides is 2. The first-order chi connectivity index (χ1) is 10.6. The predicted molar refractivity (Wildman–Crippen MR) is 92.7 cm³/mol. The summed E-state index contributed by atoms with van der Waals surface area (Å²) in [4.78, 5) is 12.1. The van der Waals surface area contributed by atoms with Gasteiger partial charge in [0.1, 0.15) is 4.33 Å². The van der Waals surface area contributed by atoms with Gasteiger partial charge in [-0.25, -0.2) is 8.42 Å². The summed E-state index contributed by atoms with van der Waals surface area (Å²) in [5.74, 6) is -0.903. The molecule has 0 saturated heterocycles. The highest BCUT2D eigenvalue weighted by Gasteiger charge is 2.56. The zero-order valence-corrected chi connectivity index (χ0v) is 15.7. The summed E-state index contributed by atoms with van der Waals surface area (Å²) in [6, 6.07) is 4.20. The summed E-state index contributed by atoms with van der Waals surface area (Å²) in [6.07, 6.45) is 0.358. The second-order valence-corrected chi connectivity index (χ2v) is 9.13. The number of benzene rings is 1. The number of hydrogen-bond acceptors (Lipinski definition) is 3. The molecule has 23 heavy (non-hydrogen) atoms. The smallest absolute Gasteiger partial charge is 0.243 e. The molecule has 1 saturated carbocycles. The number of carbonyl (C=O) groups excluding carboxylic acids is 1. The fourth-order valence-electron chi connectivity index (χ4n) is 2.19. The summed E-state index contributed by atoms with van der Waals surface area (Å²) in [5, 5.41) is 2.84. The molecule has 1 atom stereocenters. The minimum absolute atomic E-state index is 0.0692. The predicted octanol–water partition coefficient (Wildman–Crippen LogP) is 3.50. The van der Waals surface area contributed by atoms with Crippen molar-refractivity contribution in [3.8, 4) is 0 Å². The molecule has 0 aliphatic heterocycles. The summed E-state index contributed by atoms with van der Waals surface area (Å²) in [6.45, 7) is 4.22. The fourth-order valence-corrected chi connectivity index (χ4v) is 4.35. The molecule has 1 aliphatic rings. The number of sulfonamides is 1. The Kier molecular flexibility index (Phi) is 5.53. The maximum atomic E-state index is 12.5. The zero-order chi connectivity index (χ0) is 17.4. The van der Waals surface area contributed by atoms with E-state index in [4.69, 9.17) is 34.8 Å². The standard InChI is InChI=1S/C14H17Cl3N2O3S/c1-3-19(4-2)23(21,22)9-5-6-11(15)12(7-9)18-13(20)10-8-14(10,16)17/h5-7,10H,3-4,8H2,1-2H3,(H,18,20). The SMILES string of the molecule is CCN(CC)S(=O)(=O)c1ccc(Cl)c(NC(=O)C2CC2(Cl)Cl)c1. The average Bonchev–Trinajstić information content (AvgIpc) is 3.11. The summed E-state index contributed by atoms with van der Waals surface area (Å²) >= 11 is 17.8. The van der Waals surface area contributed by atoms with Crippen LogP contribution in [0.5, 0.6) is 0 Å². The van der Waals surface area contributed by atoms with Crippen LogP contribution < -0.4 is 5.32 Å². The number of anilines is 1. The molecule has 9 heteroatoms. The molecule has 0 spiro atoms. The lowest BCUT2D eigenvalue weighted by molar-refractivity contribution is -0.117. The van der Waals surface area contributed by atoms with Crippen molar-refractivity contribution in [3.63, 3.8) is 0 Å². The van der Waals surface area contributed by atoms with E-state index in [0.717, 1.165) is 0 Å². The molecule has 0 heterocycles. The molecule has 128 valence electrons. The highest BCUT2D eigenvalue weighted by atomic mass is 35.5. The van der Waals surface area contributed by atoms with Gasteiger partial charge in [-0.1, -0.05) is 25.4 Å². The zero-order valence-electron chi connectivity index (χ0n) is 12.6. The number of nitrogens with one attached hydrogen (secondary N) is 1. The van der Waals surface area contributed by atoms with E-state index >= 15 is 0 Å². The van der Waals surface area contributed by atoms with E-state index in [9.17, 15) is 13.2 Å². The van der Waals surface area contributed by atoms with E-state index in [0.29, 0.717) is 19.5 Å². The third-order valence-electron chi connectivity index (χ3n) is 3.68. The molecule has 1 amide bonds. The largest absolute Gasteiger partial charge is 0.324 e. The molecule has 0 radical (unpaired) electrons. The number of hydrogen-bond donors (Lipinski definition) is 1. The molecule has 2 rings (SSSR count). The van der Waals surface area contributed by atoms with Crippen LogP contribution in [0.15, 0.2) is 23.1 Å². The van der Waals surface area contributed by atoms with Crippen LogP contribution in [0.4, 0.5) is 5.69 Å². The first-order valence-corrected chi connectivity index (χ1v) is 9.69. The number of amides is 1. The van der Waals surface area contributed by atoms with Crippen LogP contribution in [0.1, 0.15) is 20.3 Å². The first kappa shape index (κ1) is 18.8. The normalized spacial score (nSPS) is 19.7. The number of nitrogens with zero attached hydrogens (tertiary/aromatic N) is 1. The maximum Gasteiger partial charge on any atom is 0.243 e. The molecule has 0 bridgehead atoms. The van der Waals surface area contributed by atoms with Crippen molar-refractivity contribution in [1.82, 2.24) is 4.31 Å². The minimum atomic E-state index is -3.63. The van der Waals surface area contributed by atoms with E-state index in [2.05, 4.69) is 5.32 Å². The lowest BCUT2D eigenvalue weighted by atomic mass is 10.3. The third-order valence-corrected chi connectivity index (χ3v) is 6.89. The minimum Gasteiger partial charge on any atom is -0.324 e. The van der Waals surface area contributed by atoms with Gasteiger partial charge in [-0.05, 0) is 24.6 Å². The molecular formula is C14H17Cl3N2O3S. The van der Waals surface area contributed by atoms with E-state index in [-0.39, 0.29) is 21.5 Å². The Morgan fingerprint density at radius 2 is 1.91 bits per heavy atom. The average molecular weight is 400 g/mol. The molecule has 1 unspecified atom stereocenters. The van der Waals surface area contributed by atoms with Crippen LogP contribution >= 0.6 is 34.8 Å². The Bertz CT molecular complexity index is 718. The fraction of sp³-hybridized carbons (Fsp3) is 0.500. The van der Waals surface area contributed by atoms with Gasteiger partial charge in [-0.15, -0.1) is 23.2 Å². The van der Waals surface area contributed by atoms with Gasteiger partial charge in [0.15, 0.2) is 0 Å². The monoisotopic (exact) mass is 398 g/mol. The molecule has 0 aromatic heterocycles. The van der Waals surface area contributed by atoms with E-state index < -0.39 is 20.3 Å². The van der Waals surface area contributed by atoms with Crippen molar-refractivity contribution in [2.45, 2.75) is 29.5 Å². The van der Waals surface area contributed by atoms with Crippen molar-refractivity contribution in [2.75, 3.05) is 18.4 Å². The Hall–Kier alpha value is -0.530. The van der Waals surface area contributed by atoms with Crippen LogP contribution in [0, 0.1) is 5.92 Å². The number of rotatable bonds is 6. The molecule has 1 aromatic carbocycles. The second-order valence-electron chi connectivity index (χ2n) is 5.24. The Labute approximate surface area is 150 Å². The molecule has 1 fully saturated rings. The maximum absolute atomic E-state index is 12.5. The highest BCUT2D eigenvalue weighted by molar-refractivity contribution is 7.89. The topological polar surface area (TPSA) is 66.5 Å². The second kappa shape index (κ2) is 6.76. The Morgan fingerprint density at radius 1 is 1.35 bits per heavy atom. The third kappa shape index (κ3) is 3.94. The molecule has 5 nitrogen and oxygen atoms in total. The quantitative estimate of drug-likeness (QED) is 0.744. The summed E-state index contributed by atoms with van der Waals surface area (Å²) in [5.41, 5.74) is 0.223. The lowest BCUT2D eigenvalue weighted by Crippen LogP contribution is -2.30. The highest BCUT2D eigenvalue weighted by Crippen LogP contribution is 2.53. The first-order valence-electron chi connectivity index (χ1n) is 7.11. The van der Waals surface area contributed by atoms with Gasteiger partial charge in [0, 0.05) is 13.1 Å². The van der Waals surface area contributed by atoms with E-state index in [1.165, 1.54) is 22.5 Å². The van der Waals surface area contributed by atoms with Crippen molar-refractivity contribution in [2.24, 2.45) is 5.92 Å². The lowest BCUT2D eigenvalue weighted by Gasteiger charge is -2.19. The number of halogens is 3. The van der Waals surface area contributed by atoms with Crippen molar-refractivity contribution >= 4 is 56.4 Å².